The second kappa shape index (κ2) is 7.87. The van der Waals surface area contributed by atoms with Gasteiger partial charge in [-0.2, -0.15) is 9.94 Å². The maximum absolute atomic E-state index is 12.5. The van der Waals surface area contributed by atoms with E-state index in [2.05, 4.69) is 26.9 Å². The van der Waals surface area contributed by atoms with Crippen molar-refractivity contribution in [2.75, 3.05) is 0 Å². The molecule has 2 rings (SSSR count). The molecule has 1 N–H and O–H groups in total. The molecule has 7 nitrogen and oxygen atoms in total. The molecule has 1 amide bonds. The number of hydrogen-bond acceptors (Lipinski definition) is 6. The highest BCUT2D eigenvalue weighted by molar-refractivity contribution is 8.00. The number of amides is 1. The van der Waals surface area contributed by atoms with Crippen LogP contribution in [-0.2, 0) is 4.79 Å². The fraction of sp³-hybridized carbons (Fsp3) is 0.500. The van der Waals surface area contributed by atoms with E-state index in [0.29, 0.717) is 5.16 Å². The summed E-state index contributed by atoms with van der Waals surface area (Å²) < 4.78 is 1.62. The highest BCUT2D eigenvalue weighted by Crippen LogP contribution is 2.25. The third-order valence-corrected chi connectivity index (χ3v) is 5.63. The highest BCUT2D eigenvalue weighted by atomic mass is 32.2. The van der Waals surface area contributed by atoms with E-state index in [0.717, 1.165) is 11.3 Å². The quantitative estimate of drug-likeness (QED) is 0.783. The van der Waals surface area contributed by atoms with Gasteiger partial charge in [0.25, 0.3) is 0 Å². The number of carbonyl (C=O) groups excluding carboxylic acids is 1. The van der Waals surface area contributed by atoms with Crippen LogP contribution >= 0.6 is 11.8 Å². The second-order valence-electron chi connectivity index (χ2n) is 6.86. The molecular weight excluding hydrogens is 348 g/mol. The fourth-order valence-electron chi connectivity index (χ4n) is 2.14. The van der Waals surface area contributed by atoms with E-state index >= 15 is 0 Å². The molecule has 26 heavy (non-hydrogen) atoms. The Morgan fingerprint density at radius 2 is 2.00 bits per heavy atom. The number of tetrazole rings is 1. The molecule has 8 heteroatoms. The Morgan fingerprint density at radius 3 is 2.58 bits per heavy atom. The molecule has 0 bridgehead atoms. The van der Waals surface area contributed by atoms with Gasteiger partial charge in [-0.1, -0.05) is 31.7 Å². The van der Waals surface area contributed by atoms with Gasteiger partial charge in [0.1, 0.15) is 5.54 Å². The summed E-state index contributed by atoms with van der Waals surface area (Å²) in [5, 5.41) is 24.1. The number of thioether (sulfide) groups is 1. The van der Waals surface area contributed by atoms with Crippen LogP contribution in [0.25, 0.3) is 5.69 Å². The van der Waals surface area contributed by atoms with Crippen LogP contribution in [-0.4, -0.2) is 36.9 Å². The molecule has 2 atom stereocenters. The minimum absolute atomic E-state index is 0.00509. The van der Waals surface area contributed by atoms with Gasteiger partial charge in [-0.3, -0.25) is 4.79 Å². The van der Waals surface area contributed by atoms with Gasteiger partial charge >= 0.3 is 0 Å². The number of nitrogens with zero attached hydrogens (tertiary/aromatic N) is 5. The maximum atomic E-state index is 12.5. The zero-order valence-electron chi connectivity index (χ0n) is 15.9. The predicted molar refractivity (Wildman–Crippen MR) is 101 cm³/mol. The summed E-state index contributed by atoms with van der Waals surface area (Å²) in [4.78, 5) is 12.5. The molecule has 0 spiro atoms. The van der Waals surface area contributed by atoms with Gasteiger partial charge in [-0.05, 0) is 67.3 Å². The Balaban J connectivity index is 2.17. The molecule has 0 saturated heterocycles. The number of nitriles is 1. The third kappa shape index (κ3) is 4.22. The van der Waals surface area contributed by atoms with Crippen LogP contribution in [0.2, 0.25) is 0 Å². The highest BCUT2D eigenvalue weighted by Gasteiger charge is 2.32. The van der Waals surface area contributed by atoms with Crippen molar-refractivity contribution in [3.63, 3.8) is 0 Å². The van der Waals surface area contributed by atoms with Crippen molar-refractivity contribution in [3.8, 4) is 11.8 Å². The summed E-state index contributed by atoms with van der Waals surface area (Å²) in [6.07, 6.45) is 0. The number of aromatic nitrogens is 4. The molecule has 1 aromatic carbocycles. The van der Waals surface area contributed by atoms with Crippen LogP contribution in [0.15, 0.2) is 23.4 Å². The Labute approximate surface area is 158 Å². The van der Waals surface area contributed by atoms with Crippen molar-refractivity contribution < 1.29 is 4.79 Å². The molecule has 2 aromatic rings. The van der Waals surface area contributed by atoms with Gasteiger partial charge in [0.15, 0.2) is 0 Å². The molecule has 0 fully saturated rings. The lowest BCUT2D eigenvalue weighted by Crippen LogP contribution is -2.51. The van der Waals surface area contributed by atoms with Crippen molar-refractivity contribution in [1.82, 2.24) is 25.5 Å². The number of hydrogen-bond donors (Lipinski definition) is 1. The van der Waals surface area contributed by atoms with Crippen molar-refractivity contribution in [2.45, 2.75) is 57.5 Å². The predicted octanol–water partition coefficient (Wildman–Crippen LogP) is 2.81. The smallest absolute Gasteiger partial charge is 0.234 e. The Kier molecular flexibility index (Phi) is 6.03. The topological polar surface area (TPSA) is 96.5 Å². The molecule has 0 unspecified atom stereocenters. The molecule has 0 aliphatic carbocycles. The second-order valence-corrected chi connectivity index (χ2v) is 8.17. The SMILES string of the molecule is Cc1ccc(-n2nnnc2S[C@H](C)C(=O)N[C@](C)(C#N)C(C)C)cc1C. The summed E-state index contributed by atoms with van der Waals surface area (Å²) in [5.41, 5.74) is 2.26. The van der Waals surface area contributed by atoms with Crippen LogP contribution in [0.5, 0.6) is 0 Å². The lowest BCUT2D eigenvalue weighted by Gasteiger charge is -2.28. The van der Waals surface area contributed by atoms with E-state index < -0.39 is 10.8 Å². The summed E-state index contributed by atoms with van der Waals surface area (Å²) >= 11 is 1.26. The van der Waals surface area contributed by atoms with E-state index in [9.17, 15) is 10.1 Å². The molecule has 1 aromatic heterocycles. The largest absolute Gasteiger partial charge is 0.337 e. The first-order valence-corrected chi connectivity index (χ1v) is 9.32. The summed E-state index contributed by atoms with van der Waals surface area (Å²) in [7, 11) is 0. The third-order valence-electron chi connectivity index (χ3n) is 4.60. The van der Waals surface area contributed by atoms with Gasteiger partial charge in [0, 0.05) is 0 Å². The zero-order valence-corrected chi connectivity index (χ0v) is 16.8. The van der Waals surface area contributed by atoms with Gasteiger partial charge in [0.05, 0.1) is 17.0 Å². The molecule has 1 heterocycles. The van der Waals surface area contributed by atoms with Gasteiger partial charge in [0.2, 0.25) is 11.1 Å². The number of aryl methyl sites for hydroxylation is 2. The van der Waals surface area contributed by atoms with Gasteiger partial charge in [-0.15, -0.1) is 5.10 Å². The maximum Gasteiger partial charge on any atom is 0.234 e. The molecular formula is C18H24N6OS. The fourth-order valence-corrected chi connectivity index (χ4v) is 2.95. The van der Waals surface area contributed by atoms with E-state index in [1.54, 1.807) is 18.5 Å². The number of rotatable bonds is 6. The lowest BCUT2D eigenvalue weighted by atomic mass is 9.90. The van der Waals surface area contributed by atoms with Crippen LogP contribution < -0.4 is 5.32 Å². The number of carbonyl (C=O) groups is 1. The molecule has 0 saturated carbocycles. The van der Waals surface area contributed by atoms with Crippen LogP contribution in [0.1, 0.15) is 38.8 Å². The van der Waals surface area contributed by atoms with Crippen molar-refractivity contribution in [1.29, 1.82) is 5.26 Å². The van der Waals surface area contributed by atoms with Gasteiger partial charge < -0.3 is 5.32 Å². The summed E-state index contributed by atoms with van der Waals surface area (Å²) in [5.74, 6) is -0.225. The monoisotopic (exact) mass is 372 g/mol. The minimum atomic E-state index is -0.911. The van der Waals surface area contributed by atoms with E-state index in [1.165, 1.54) is 17.3 Å². The Morgan fingerprint density at radius 1 is 1.31 bits per heavy atom. The van der Waals surface area contributed by atoms with Gasteiger partial charge in [-0.25, -0.2) is 0 Å². The summed E-state index contributed by atoms with van der Waals surface area (Å²) in [6, 6.07) is 8.15. The van der Waals surface area contributed by atoms with Crippen LogP contribution in [0.3, 0.4) is 0 Å². The first-order valence-electron chi connectivity index (χ1n) is 8.44. The average molecular weight is 372 g/mol. The summed E-state index contributed by atoms with van der Waals surface area (Å²) in [6.45, 7) is 11.4. The number of nitrogens with one attached hydrogen (secondary N) is 1. The number of benzene rings is 1. The molecule has 138 valence electrons. The van der Waals surface area contributed by atoms with E-state index in [1.807, 2.05) is 45.9 Å². The van der Waals surface area contributed by atoms with Crippen LogP contribution in [0, 0.1) is 31.1 Å². The van der Waals surface area contributed by atoms with Crippen molar-refractivity contribution >= 4 is 17.7 Å². The molecule has 0 aliphatic rings. The Bertz CT molecular complexity index is 840. The normalized spacial score (nSPS) is 14.5. The minimum Gasteiger partial charge on any atom is -0.337 e. The van der Waals surface area contributed by atoms with E-state index in [4.69, 9.17) is 0 Å². The van der Waals surface area contributed by atoms with E-state index in [-0.39, 0.29) is 11.8 Å². The Hall–Kier alpha value is -2.40. The standard InChI is InChI=1S/C18H24N6OS/c1-11(2)18(6,10-19)20-16(25)14(5)26-17-21-22-23-24(17)15-8-7-12(3)13(4)9-15/h7-9,11,14H,1-6H3,(H,20,25)/t14-,18-/m1/s1. The molecule has 0 aliphatic heterocycles. The average Bonchev–Trinajstić information content (AvgIpc) is 3.05. The lowest BCUT2D eigenvalue weighted by molar-refractivity contribution is -0.121. The first kappa shape index (κ1) is 19.9. The molecule has 0 radical (unpaired) electrons. The van der Waals surface area contributed by atoms with Crippen molar-refractivity contribution in [3.05, 3.63) is 29.3 Å². The first-order chi connectivity index (χ1) is 12.2. The zero-order chi connectivity index (χ0) is 19.5. The van der Waals surface area contributed by atoms with Crippen molar-refractivity contribution in [2.24, 2.45) is 5.92 Å². The van der Waals surface area contributed by atoms with Crippen LogP contribution in [0.4, 0.5) is 0 Å².